The lowest BCUT2D eigenvalue weighted by Gasteiger charge is -2.35. The Balaban J connectivity index is 1.55. The van der Waals surface area contributed by atoms with Crippen LogP contribution >= 0.6 is 0 Å². The van der Waals surface area contributed by atoms with Crippen LogP contribution in [0.5, 0.6) is 11.5 Å². The van der Waals surface area contributed by atoms with Gasteiger partial charge in [0, 0.05) is 23.7 Å². The van der Waals surface area contributed by atoms with Crippen LogP contribution < -0.4 is 20.1 Å². The molecular weight excluding hydrogens is 404 g/mol. The van der Waals surface area contributed by atoms with Gasteiger partial charge in [-0.3, -0.25) is 4.79 Å². The molecule has 4 rings (SSSR count). The van der Waals surface area contributed by atoms with E-state index >= 15 is 0 Å². The predicted octanol–water partition coefficient (Wildman–Crippen LogP) is 2.50. The lowest BCUT2D eigenvalue weighted by atomic mass is 9.90. The van der Waals surface area contributed by atoms with Gasteiger partial charge in [-0.1, -0.05) is 20.3 Å². The minimum Gasteiger partial charge on any atom is -0.467 e. The van der Waals surface area contributed by atoms with Crippen molar-refractivity contribution in [1.82, 2.24) is 5.32 Å². The maximum atomic E-state index is 12.9. The zero-order valence-corrected chi connectivity index (χ0v) is 18.5. The van der Waals surface area contributed by atoms with Gasteiger partial charge in [-0.25, -0.2) is 4.79 Å². The van der Waals surface area contributed by atoms with E-state index in [0.29, 0.717) is 11.5 Å². The zero-order chi connectivity index (χ0) is 22.3. The molecule has 0 aliphatic carbocycles. The molecule has 9 heteroatoms. The Hall–Kier alpha value is -2.52. The minimum atomic E-state index is -0.797. The first-order chi connectivity index (χ1) is 14.7. The summed E-state index contributed by atoms with van der Waals surface area (Å²) in [6, 6.07) is 2.72. The zero-order valence-electron chi connectivity index (χ0n) is 18.5. The average Bonchev–Trinajstić information content (AvgIpc) is 3.32. The van der Waals surface area contributed by atoms with Gasteiger partial charge in [0.25, 0.3) is 0 Å². The van der Waals surface area contributed by atoms with Crippen molar-refractivity contribution in [1.29, 1.82) is 0 Å². The topological polar surface area (TPSA) is 104 Å². The van der Waals surface area contributed by atoms with Crippen LogP contribution in [-0.4, -0.2) is 49.8 Å². The summed E-state index contributed by atoms with van der Waals surface area (Å²) >= 11 is 0. The van der Waals surface area contributed by atoms with Crippen molar-refractivity contribution < 1.29 is 33.3 Å². The molecule has 31 heavy (non-hydrogen) atoms. The van der Waals surface area contributed by atoms with Crippen LogP contribution in [0.2, 0.25) is 0 Å². The predicted molar refractivity (Wildman–Crippen MR) is 111 cm³/mol. The number of carbonyl (C=O) groups is 2. The number of benzene rings is 1. The van der Waals surface area contributed by atoms with E-state index in [1.54, 1.807) is 0 Å². The van der Waals surface area contributed by atoms with Gasteiger partial charge < -0.3 is 34.3 Å². The lowest BCUT2D eigenvalue weighted by Crippen LogP contribution is -2.49. The van der Waals surface area contributed by atoms with Crippen molar-refractivity contribution >= 4 is 17.6 Å². The van der Waals surface area contributed by atoms with Crippen molar-refractivity contribution in [2.24, 2.45) is 5.92 Å². The van der Waals surface area contributed by atoms with E-state index < -0.39 is 17.8 Å². The van der Waals surface area contributed by atoms with Gasteiger partial charge in [0.15, 0.2) is 17.3 Å². The van der Waals surface area contributed by atoms with Gasteiger partial charge in [-0.2, -0.15) is 0 Å². The normalized spacial score (nSPS) is 26.8. The summed E-state index contributed by atoms with van der Waals surface area (Å²) in [4.78, 5) is 25.1. The summed E-state index contributed by atoms with van der Waals surface area (Å²) in [7, 11) is 1.32. The molecule has 0 radical (unpaired) electrons. The summed E-state index contributed by atoms with van der Waals surface area (Å²) in [5, 5.41) is 6.25. The van der Waals surface area contributed by atoms with Gasteiger partial charge in [0.2, 0.25) is 12.7 Å². The number of amides is 1. The molecule has 1 aromatic rings. The molecule has 0 saturated carbocycles. The van der Waals surface area contributed by atoms with Crippen molar-refractivity contribution in [3.05, 3.63) is 17.7 Å². The second-order valence-corrected chi connectivity index (χ2v) is 8.72. The molecule has 2 N–H and O–H groups in total. The van der Waals surface area contributed by atoms with Crippen LogP contribution in [0.25, 0.3) is 0 Å². The molecule has 1 fully saturated rings. The average molecular weight is 434 g/mol. The van der Waals surface area contributed by atoms with Gasteiger partial charge in [-0.15, -0.1) is 0 Å². The fourth-order valence-corrected chi connectivity index (χ4v) is 4.32. The molecule has 3 aliphatic rings. The number of carbonyl (C=O) groups excluding carboxylic acids is 2. The molecule has 0 aromatic heterocycles. The highest BCUT2D eigenvalue weighted by molar-refractivity contribution is 5.85. The van der Waals surface area contributed by atoms with Crippen LogP contribution in [0.15, 0.2) is 12.1 Å². The van der Waals surface area contributed by atoms with Crippen LogP contribution in [0, 0.1) is 5.92 Å². The molecule has 0 spiro atoms. The molecule has 9 nitrogen and oxygen atoms in total. The van der Waals surface area contributed by atoms with Crippen LogP contribution in [0.4, 0.5) is 5.69 Å². The minimum absolute atomic E-state index is 0.0473. The number of hydrogen-bond acceptors (Lipinski definition) is 8. The summed E-state index contributed by atoms with van der Waals surface area (Å²) < 4.78 is 28.2. The fourth-order valence-electron chi connectivity index (χ4n) is 4.32. The van der Waals surface area contributed by atoms with E-state index in [2.05, 4.69) is 10.6 Å². The van der Waals surface area contributed by atoms with Crippen LogP contribution in [-0.2, 0) is 23.8 Å². The number of ether oxygens (including phenoxy) is 5. The Labute approximate surface area is 181 Å². The first kappa shape index (κ1) is 21.7. The molecule has 5 atom stereocenters. The second kappa shape index (κ2) is 8.20. The monoisotopic (exact) mass is 434 g/mol. The smallest absolute Gasteiger partial charge is 0.328 e. The highest BCUT2D eigenvalue weighted by atomic mass is 16.8. The fraction of sp³-hybridized carbons (Fsp3) is 0.636. The number of esters is 1. The summed E-state index contributed by atoms with van der Waals surface area (Å²) in [5.74, 6) is -0.239. The largest absolute Gasteiger partial charge is 0.467 e. The molecule has 3 aliphatic heterocycles. The molecule has 3 heterocycles. The summed E-state index contributed by atoms with van der Waals surface area (Å²) in [6.07, 6.45) is 0.106. The maximum absolute atomic E-state index is 12.9. The van der Waals surface area contributed by atoms with Gasteiger partial charge in [0.1, 0.15) is 18.2 Å². The van der Waals surface area contributed by atoms with Crippen molar-refractivity contribution in [2.75, 3.05) is 19.2 Å². The third-order valence-electron chi connectivity index (χ3n) is 6.11. The van der Waals surface area contributed by atoms with Crippen molar-refractivity contribution in [3.8, 4) is 11.5 Å². The van der Waals surface area contributed by atoms with E-state index in [9.17, 15) is 9.59 Å². The van der Waals surface area contributed by atoms with Crippen LogP contribution in [0.3, 0.4) is 0 Å². The van der Waals surface area contributed by atoms with E-state index in [1.165, 1.54) is 7.11 Å². The number of nitrogens with one attached hydrogen (secondary N) is 2. The first-order valence-corrected chi connectivity index (χ1v) is 10.6. The third kappa shape index (κ3) is 4.16. The summed E-state index contributed by atoms with van der Waals surface area (Å²) in [6.45, 7) is 7.75. The van der Waals surface area contributed by atoms with Crippen molar-refractivity contribution in [2.45, 2.75) is 70.6 Å². The van der Waals surface area contributed by atoms with Crippen molar-refractivity contribution in [3.63, 3.8) is 0 Å². The number of anilines is 1. The van der Waals surface area contributed by atoms with Gasteiger partial charge in [-0.05, 0) is 25.8 Å². The molecule has 1 saturated heterocycles. The molecule has 1 amide bonds. The maximum Gasteiger partial charge on any atom is 0.328 e. The Kier molecular flexibility index (Phi) is 5.74. The SMILES string of the molecule is CCC(C)[C@H](NC(=O)C[C@@H]1Nc2cc3c(cc2[C@@H]2OC(C)(C)O[C@@H]12)OCO3)C(=O)OC. The Morgan fingerprint density at radius 1 is 1.26 bits per heavy atom. The van der Waals surface area contributed by atoms with Crippen LogP contribution in [0.1, 0.15) is 52.2 Å². The summed E-state index contributed by atoms with van der Waals surface area (Å²) in [5.41, 5.74) is 1.72. The van der Waals surface area contributed by atoms with Gasteiger partial charge >= 0.3 is 5.97 Å². The number of methoxy groups -OCH3 is 1. The molecular formula is C22H30N2O7. The highest BCUT2D eigenvalue weighted by Gasteiger charge is 2.50. The standard InChI is InChI=1S/C22H30N2O7/c1-6-11(2)18(21(26)27-5)24-17(25)9-14-20-19(30-22(3,4)31-20)12-7-15-16(29-10-28-15)8-13(12)23-14/h7-8,11,14,18-20,23H,6,9-10H2,1-5H3,(H,24,25)/t11?,14-,18-,19-,20-/m0/s1. The Bertz CT molecular complexity index is 872. The molecule has 1 unspecified atom stereocenters. The van der Waals surface area contributed by atoms with E-state index in [0.717, 1.165) is 17.7 Å². The third-order valence-corrected chi connectivity index (χ3v) is 6.11. The lowest BCUT2D eigenvalue weighted by molar-refractivity contribution is -0.148. The van der Waals surface area contributed by atoms with E-state index in [1.807, 2.05) is 39.8 Å². The van der Waals surface area contributed by atoms with E-state index in [-0.39, 0.29) is 43.3 Å². The Morgan fingerprint density at radius 2 is 1.97 bits per heavy atom. The quantitative estimate of drug-likeness (QED) is 0.658. The molecule has 0 bridgehead atoms. The molecule has 170 valence electrons. The second-order valence-electron chi connectivity index (χ2n) is 8.72. The number of hydrogen-bond donors (Lipinski definition) is 2. The highest BCUT2D eigenvalue weighted by Crippen LogP contribution is 2.50. The number of rotatable bonds is 6. The van der Waals surface area contributed by atoms with E-state index in [4.69, 9.17) is 23.7 Å². The number of fused-ring (bicyclic) bond motifs is 4. The molecule has 1 aromatic carbocycles. The first-order valence-electron chi connectivity index (χ1n) is 10.6. The Morgan fingerprint density at radius 3 is 2.65 bits per heavy atom. The van der Waals surface area contributed by atoms with Gasteiger partial charge in [0.05, 0.1) is 13.2 Å².